The average molecular weight is 317 g/mol. The van der Waals surface area contributed by atoms with Crippen molar-refractivity contribution in [2.75, 3.05) is 11.9 Å². The Morgan fingerprint density at radius 2 is 1.95 bits per heavy atom. The van der Waals surface area contributed by atoms with E-state index >= 15 is 0 Å². The van der Waals surface area contributed by atoms with E-state index in [1.54, 1.807) is 0 Å². The molecule has 0 bridgehead atoms. The van der Waals surface area contributed by atoms with E-state index < -0.39 is 29.1 Å². The molecule has 0 spiro atoms. The van der Waals surface area contributed by atoms with Gasteiger partial charge in [0.05, 0.1) is 6.61 Å². The Kier molecular flexibility index (Phi) is 3.68. The number of hydrogen-bond acceptors (Lipinski definition) is 4. The van der Waals surface area contributed by atoms with Crippen LogP contribution in [0, 0.1) is 0 Å². The highest BCUT2D eigenvalue weighted by Crippen LogP contribution is 2.51. The van der Waals surface area contributed by atoms with Crippen LogP contribution in [0.2, 0.25) is 0 Å². The van der Waals surface area contributed by atoms with Crippen molar-refractivity contribution in [1.29, 1.82) is 0 Å². The number of benzene rings is 1. The number of carbonyl (C=O) groups is 2. The van der Waals surface area contributed by atoms with Crippen LogP contribution in [0.15, 0.2) is 24.3 Å². The van der Waals surface area contributed by atoms with Gasteiger partial charge in [-0.3, -0.25) is 4.79 Å². The van der Waals surface area contributed by atoms with Gasteiger partial charge in [0.2, 0.25) is 5.91 Å². The van der Waals surface area contributed by atoms with Crippen molar-refractivity contribution in [3.63, 3.8) is 0 Å². The number of alkyl halides is 3. The molecule has 8 heteroatoms. The van der Waals surface area contributed by atoms with Crippen molar-refractivity contribution >= 4 is 17.6 Å². The van der Waals surface area contributed by atoms with Crippen LogP contribution in [-0.2, 0) is 19.7 Å². The summed E-state index contributed by atoms with van der Waals surface area (Å²) in [6.07, 6.45) is -5.40. The SMILES string of the molecule is CCOC(=O)C(O)(C(F)(F)F)C1(C)C(=O)Nc2ccccc21. The van der Waals surface area contributed by atoms with E-state index in [9.17, 15) is 27.9 Å². The molecule has 0 aliphatic carbocycles. The van der Waals surface area contributed by atoms with Crippen LogP contribution < -0.4 is 5.32 Å². The summed E-state index contributed by atoms with van der Waals surface area (Å²) < 4.78 is 44.9. The van der Waals surface area contributed by atoms with Gasteiger partial charge in [0.15, 0.2) is 0 Å². The number of aliphatic hydroxyl groups is 1. The van der Waals surface area contributed by atoms with Gasteiger partial charge in [-0.15, -0.1) is 0 Å². The molecule has 2 atom stereocenters. The first-order valence-corrected chi connectivity index (χ1v) is 6.48. The first kappa shape index (κ1) is 16.3. The van der Waals surface area contributed by atoms with Crippen molar-refractivity contribution in [3.05, 3.63) is 29.8 Å². The minimum atomic E-state index is -5.40. The number of nitrogens with one attached hydrogen (secondary N) is 1. The fourth-order valence-corrected chi connectivity index (χ4v) is 2.60. The zero-order chi connectivity index (χ0) is 16.8. The summed E-state index contributed by atoms with van der Waals surface area (Å²) in [4.78, 5) is 24.1. The van der Waals surface area contributed by atoms with Gasteiger partial charge in [-0.25, -0.2) is 4.79 Å². The third-order valence-electron chi connectivity index (χ3n) is 3.87. The number of carbonyl (C=O) groups excluding carboxylic acids is 2. The molecule has 1 aliphatic rings. The first-order chi connectivity index (χ1) is 10.1. The number of anilines is 1. The van der Waals surface area contributed by atoms with Gasteiger partial charge in [-0.2, -0.15) is 13.2 Å². The van der Waals surface area contributed by atoms with Gasteiger partial charge < -0.3 is 15.2 Å². The van der Waals surface area contributed by atoms with E-state index in [0.29, 0.717) is 0 Å². The summed E-state index contributed by atoms with van der Waals surface area (Å²) in [5.41, 5.74) is -6.55. The monoisotopic (exact) mass is 317 g/mol. The molecule has 1 aromatic rings. The molecule has 120 valence electrons. The summed E-state index contributed by atoms with van der Waals surface area (Å²) in [5, 5.41) is 12.5. The molecule has 2 unspecified atom stereocenters. The lowest BCUT2D eigenvalue weighted by Crippen LogP contribution is -2.67. The van der Waals surface area contributed by atoms with Gasteiger partial charge in [-0.05, 0) is 25.5 Å². The maximum absolute atomic E-state index is 13.5. The van der Waals surface area contributed by atoms with Crippen LogP contribution in [0.4, 0.5) is 18.9 Å². The van der Waals surface area contributed by atoms with Crippen molar-refractivity contribution in [2.24, 2.45) is 0 Å². The van der Waals surface area contributed by atoms with Crippen LogP contribution in [0.5, 0.6) is 0 Å². The van der Waals surface area contributed by atoms with Gasteiger partial charge >= 0.3 is 12.1 Å². The number of esters is 1. The van der Waals surface area contributed by atoms with Crippen LogP contribution in [-0.4, -0.2) is 35.4 Å². The van der Waals surface area contributed by atoms with Crippen LogP contribution in [0.1, 0.15) is 19.4 Å². The second-order valence-electron chi connectivity index (χ2n) is 5.05. The van der Waals surface area contributed by atoms with E-state index in [4.69, 9.17) is 0 Å². The maximum atomic E-state index is 13.5. The fourth-order valence-electron chi connectivity index (χ4n) is 2.60. The van der Waals surface area contributed by atoms with E-state index in [-0.39, 0.29) is 17.9 Å². The predicted octanol–water partition coefficient (Wildman–Crippen LogP) is 1.75. The lowest BCUT2D eigenvalue weighted by atomic mass is 9.68. The molecule has 1 heterocycles. The number of ether oxygens (including phenoxy) is 1. The molecule has 1 amide bonds. The Hall–Kier alpha value is -2.09. The normalized spacial score (nSPS) is 23.5. The number of hydrogen-bond donors (Lipinski definition) is 2. The summed E-state index contributed by atoms with van der Waals surface area (Å²) in [5.74, 6) is -3.03. The van der Waals surface area contributed by atoms with Crippen molar-refractivity contribution in [2.45, 2.75) is 31.0 Å². The highest BCUT2D eigenvalue weighted by Gasteiger charge is 2.75. The maximum Gasteiger partial charge on any atom is 0.429 e. The molecule has 0 saturated heterocycles. The van der Waals surface area contributed by atoms with Crippen LogP contribution in [0.3, 0.4) is 0 Å². The summed E-state index contributed by atoms with van der Waals surface area (Å²) >= 11 is 0. The minimum absolute atomic E-state index is 0.113. The van der Waals surface area contributed by atoms with E-state index in [1.807, 2.05) is 0 Å². The lowest BCUT2D eigenvalue weighted by molar-refractivity contribution is -0.279. The van der Waals surface area contributed by atoms with Crippen LogP contribution >= 0.6 is 0 Å². The molecule has 22 heavy (non-hydrogen) atoms. The number of fused-ring (bicyclic) bond motifs is 1. The van der Waals surface area contributed by atoms with E-state index in [0.717, 1.165) is 6.92 Å². The van der Waals surface area contributed by atoms with E-state index in [2.05, 4.69) is 10.1 Å². The Morgan fingerprint density at radius 1 is 1.36 bits per heavy atom. The molecule has 1 aliphatic heterocycles. The summed E-state index contributed by atoms with van der Waals surface area (Å²) in [7, 11) is 0. The Morgan fingerprint density at radius 3 is 2.50 bits per heavy atom. The molecule has 1 aromatic carbocycles. The Balaban J connectivity index is 2.72. The number of halogens is 3. The highest BCUT2D eigenvalue weighted by atomic mass is 19.4. The second-order valence-corrected chi connectivity index (χ2v) is 5.05. The molecule has 2 N–H and O–H groups in total. The van der Waals surface area contributed by atoms with Crippen LogP contribution in [0.25, 0.3) is 0 Å². The molecule has 0 aromatic heterocycles. The summed E-state index contributed by atoms with van der Waals surface area (Å²) in [6, 6.07) is 5.57. The largest absolute Gasteiger partial charge is 0.464 e. The lowest BCUT2D eigenvalue weighted by Gasteiger charge is -2.39. The average Bonchev–Trinajstić information content (AvgIpc) is 2.70. The van der Waals surface area contributed by atoms with Crippen molar-refractivity contribution in [1.82, 2.24) is 0 Å². The molecule has 2 rings (SSSR count). The summed E-state index contributed by atoms with van der Waals surface area (Å²) in [6.45, 7) is 1.81. The quantitative estimate of drug-likeness (QED) is 0.833. The zero-order valence-electron chi connectivity index (χ0n) is 11.8. The molecule has 0 saturated carbocycles. The van der Waals surface area contributed by atoms with Gasteiger partial charge in [0.25, 0.3) is 5.60 Å². The van der Waals surface area contributed by atoms with Gasteiger partial charge in [0, 0.05) is 5.69 Å². The highest BCUT2D eigenvalue weighted by molar-refractivity contribution is 6.10. The van der Waals surface area contributed by atoms with Gasteiger partial charge in [-0.1, -0.05) is 18.2 Å². The molecule has 5 nitrogen and oxygen atoms in total. The third-order valence-corrected chi connectivity index (χ3v) is 3.87. The predicted molar refractivity (Wildman–Crippen MR) is 70.1 cm³/mol. The number of rotatable bonds is 3. The third kappa shape index (κ3) is 1.90. The minimum Gasteiger partial charge on any atom is -0.464 e. The van der Waals surface area contributed by atoms with Gasteiger partial charge in [0.1, 0.15) is 5.41 Å². The van der Waals surface area contributed by atoms with Crippen molar-refractivity contribution in [3.8, 4) is 0 Å². The second kappa shape index (κ2) is 4.98. The standard InChI is InChI=1S/C14H14F3NO4/c1-3-22-11(20)13(21,14(15,16)17)12(2)8-6-4-5-7-9(8)18-10(12)19/h4-7,21H,3H2,1-2H3,(H,18,19). The molecule has 0 radical (unpaired) electrons. The topological polar surface area (TPSA) is 75.6 Å². The zero-order valence-corrected chi connectivity index (χ0v) is 11.8. The van der Waals surface area contributed by atoms with Crippen molar-refractivity contribution < 1.29 is 32.6 Å². The Bertz CT molecular complexity index is 631. The molecule has 0 fully saturated rings. The molecular weight excluding hydrogens is 303 g/mol. The number of amides is 1. The molecular formula is C14H14F3NO4. The first-order valence-electron chi connectivity index (χ1n) is 6.48. The fraction of sp³-hybridized carbons (Fsp3) is 0.429. The smallest absolute Gasteiger partial charge is 0.429 e. The Labute approximate surface area is 124 Å². The number of para-hydroxylation sites is 1. The van der Waals surface area contributed by atoms with E-state index in [1.165, 1.54) is 31.2 Å².